The molecular formula is C19H17N5OS2. The largest absolute Gasteiger partial charge is 0.423 e. The summed E-state index contributed by atoms with van der Waals surface area (Å²) >= 11 is 3.23. The van der Waals surface area contributed by atoms with Crippen LogP contribution in [0, 0.1) is 0 Å². The van der Waals surface area contributed by atoms with Gasteiger partial charge in [0.25, 0.3) is 6.01 Å². The molecule has 2 fully saturated rings. The fourth-order valence-electron chi connectivity index (χ4n) is 4.14. The molecule has 2 atom stereocenters. The summed E-state index contributed by atoms with van der Waals surface area (Å²) in [6.45, 7) is 1.89. The Labute approximate surface area is 163 Å². The van der Waals surface area contributed by atoms with Crippen LogP contribution in [0.25, 0.3) is 32.2 Å². The standard InChI is InChI=1S/C19H17N5OS2/c1-2-12-10-24(9-11(1)22-12)19-23-15-13(17-20-5-7-26-17)3-4-14(16(15)25-19)18-21-6-8-27-18/h3-8,11-12,22H,1-2,9-10H2. The number of oxazole rings is 1. The summed E-state index contributed by atoms with van der Waals surface area (Å²) in [5.74, 6) is 0. The van der Waals surface area contributed by atoms with E-state index in [1.807, 2.05) is 23.2 Å². The van der Waals surface area contributed by atoms with E-state index < -0.39 is 0 Å². The van der Waals surface area contributed by atoms with E-state index in [2.05, 4.69) is 32.3 Å². The zero-order chi connectivity index (χ0) is 17.8. The normalized spacial score (nSPS) is 22.0. The van der Waals surface area contributed by atoms with Crippen LogP contribution in [0.5, 0.6) is 0 Å². The summed E-state index contributed by atoms with van der Waals surface area (Å²) < 4.78 is 6.36. The third kappa shape index (κ3) is 2.59. The second kappa shape index (κ2) is 6.12. The first-order valence-corrected chi connectivity index (χ1v) is 10.9. The second-order valence-corrected chi connectivity index (χ2v) is 8.84. The Morgan fingerprint density at radius 2 is 1.63 bits per heavy atom. The van der Waals surface area contributed by atoms with Crippen molar-refractivity contribution in [2.24, 2.45) is 0 Å². The van der Waals surface area contributed by atoms with Crippen molar-refractivity contribution in [3.8, 4) is 21.1 Å². The third-order valence-corrected chi connectivity index (χ3v) is 6.96. The maximum Gasteiger partial charge on any atom is 0.298 e. The van der Waals surface area contributed by atoms with Crippen molar-refractivity contribution in [2.75, 3.05) is 18.0 Å². The van der Waals surface area contributed by atoms with Crippen LogP contribution in [0.1, 0.15) is 12.8 Å². The average Bonchev–Trinajstić information content (AvgIpc) is 3.48. The Bertz CT molecular complexity index is 1010. The average molecular weight is 396 g/mol. The molecule has 0 aliphatic carbocycles. The van der Waals surface area contributed by atoms with Crippen LogP contribution >= 0.6 is 22.7 Å². The van der Waals surface area contributed by atoms with Crippen LogP contribution in [-0.4, -0.2) is 40.1 Å². The van der Waals surface area contributed by atoms with E-state index in [0.29, 0.717) is 18.1 Å². The van der Waals surface area contributed by atoms with Crippen molar-refractivity contribution in [1.82, 2.24) is 20.3 Å². The van der Waals surface area contributed by atoms with E-state index in [-0.39, 0.29) is 0 Å². The number of nitrogens with zero attached hydrogens (tertiary/aromatic N) is 4. The molecule has 1 N–H and O–H groups in total. The molecule has 27 heavy (non-hydrogen) atoms. The Kier molecular flexibility index (Phi) is 3.57. The molecule has 3 aromatic heterocycles. The lowest BCUT2D eigenvalue weighted by Crippen LogP contribution is -2.51. The van der Waals surface area contributed by atoms with Crippen molar-refractivity contribution in [3.05, 3.63) is 35.3 Å². The van der Waals surface area contributed by atoms with Gasteiger partial charge < -0.3 is 14.6 Å². The Morgan fingerprint density at radius 3 is 2.30 bits per heavy atom. The number of hydrogen-bond donors (Lipinski definition) is 1. The molecule has 1 aromatic carbocycles. The number of rotatable bonds is 3. The minimum absolute atomic E-state index is 0.538. The van der Waals surface area contributed by atoms with Crippen molar-refractivity contribution in [2.45, 2.75) is 24.9 Å². The van der Waals surface area contributed by atoms with Crippen molar-refractivity contribution < 1.29 is 4.42 Å². The number of fused-ring (bicyclic) bond motifs is 3. The number of anilines is 1. The molecule has 2 unspecified atom stereocenters. The molecule has 0 saturated carbocycles. The maximum atomic E-state index is 6.36. The van der Waals surface area contributed by atoms with Gasteiger partial charge in [-0.15, -0.1) is 22.7 Å². The number of thiazole rings is 2. The lowest BCUT2D eigenvalue weighted by Gasteiger charge is -2.31. The minimum atomic E-state index is 0.538. The van der Waals surface area contributed by atoms with E-state index >= 15 is 0 Å². The Hall–Kier alpha value is -2.29. The molecule has 0 spiro atoms. The van der Waals surface area contributed by atoms with Crippen LogP contribution in [0.15, 0.2) is 39.7 Å². The topological polar surface area (TPSA) is 67.1 Å². The molecule has 2 bridgehead atoms. The molecule has 0 amide bonds. The fraction of sp³-hybridized carbons (Fsp3) is 0.316. The molecule has 2 saturated heterocycles. The zero-order valence-electron chi connectivity index (χ0n) is 14.5. The highest BCUT2D eigenvalue weighted by Gasteiger charge is 2.34. The van der Waals surface area contributed by atoms with Gasteiger partial charge in [0.2, 0.25) is 0 Å². The highest BCUT2D eigenvalue weighted by molar-refractivity contribution is 7.13. The SMILES string of the molecule is c1csc(-c2ccc(-c3nccs3)c3oc(N4CC5CCC(C4)N5)nc23)n1. The first-order chi connectivity index (χ1) is 13.3. The molecular weight excluding hydrogens is 378 g/mol. The van der Waals surface area contributed by atoms with E-state index in [4.69, 9.17) is 9.40 Å². The smallest absolute Gasteiger partial charge is 0.298 e. The molecule has 2 aliphatic rings. The van der Waals surface area contributed by atoms with E-state index in [1.54, 1.807) is 22.7 Å². The van der Waals surface area contributed by atoms with E-state index in [9.17, 15) is 0 Å². The van der Waals surface area contributed by atoms with Gasteiger partial charge in [-0.2, -0.15) is 4.98 Å². The van der Waals surface area contributed by atoms with E-state index in [0.717, 1.165) is 45.3 Å². The molecule has 136 valence electrons. The summed E-state index contributed by atoms with van der Waals surface area (Å²) in [5.41, 5.74) is 3.70. The molecule has 5 heterocycles. The fourth-order valence-corrected chi connectivity index (χ4v) is 5.46. The summed E-state index contributed by atoms with van der Waals surface area (Å²) in [5, 5.41) is 9.56. The minimum Gasteiger partial charge on any atom is -0.423 e. The van der Waals surface area contributed by atoms with Crippen LogP contribution in [-0.2, 0) is 0 Å². The lowest BCUT2D eigenvalue weighted by atomic mass is 10.1. The van der Waals surface area contributed by atoms with Gasteiger partial charge in [-0.3, -0.25) is 0 Å². The zero-order valence-corrected chi connectivity index (χ0v) is 16.1. The maximum absolute atomic E-state index is 6.36. The van der Waals surface area contributed by atoms with Gasteiger partial charge in [-0.25, -0.2) is 9.97 Å². The van der Waals surface area contributed by atoms with Gasteiger partial charge in [0.1, 0.15) is 15.5 Å². The monoisotopic (exact) mass is 395 g/mol. The first kappa shape index (κ1) is 15.7. The lowest BCUT2D eigenvalue weighted by molar-refractivity contribution is 0.437. The molecule has 8 heteroatoms. The van der Waals surface area contributed by atoms with Crippen molar-refractivity contribution >= 4 is 39.8 Å². The highest BCUT2D eigenvalue weighted by atomic mass is 32.1. The molecule has 0 radical (unpaired) electrons. The quantitative estimate of drug-likeness (QED) is 0.565. The summed E-state index contributed by atoms with van der Waals surface area (Å²) in [6, 6.07) is 5.96. The predicted molar refractivity (Wildman–Crippen MR) is 108 cm³/mol. The van der Waals surface area contributed by atoms with Crippen LogP contribution < -0.4 is 10.2 Å². The van der Waals surface area contributed by atoms with Gasteiger partial charge in [-0.1, -0.05) is 0 Å². The van der Waals surface area contributed by atoms with Gasteiger partial charge in [0.05, 0.1) is 5.56 Å². The van der Waals surface area contributed by atoms with Crippen molar-refractivity contribution in [1.29, 1.82) is 0 Å². The first-order valence-electron chi connectivity index (χ1n) is 9.09. The van der Waals surface area contributed by atoms with Crippen LogP contribution in [0.2, 0.25) is 0 Å². The van der Waals surface area contributed by atoms with E-state index in [1.165, 1.54) is 12.8 Å². The summed E-state index contributed by atoms with van der Waals surface area (Å²) in [4.78, 5) is 16.2. The molecule has 6 nitrogen and oxygen atoms in total. The third-order valence-electron chi connectivity index (χ3n) is 5.34. The van der Waals surface area contributed by atoms with Crippen LogP contribution in [0.4, 0.5) is 6.01 Å². The summed E-state index contributed by atoms with van der Waals surface area (Å²) in [7, 11) is 0. The Balaban J connectivity index is 1.52. The second-order valence-electron chi connectivity index (χ2n) is 7.05. The van der Waals surface area contributed by atoms with Crippen LogP contribution in [0.3, 0.4) is 0 Å². The highest BCUT2D eigenvalue weighted by Crippen LogP contribution is 2.39. The molecule has 2 aliphatic heterocycles. The van der Waals surface area contributed by atoms with Gasteiger partial charge in [0, 0.05) is 53.9 Å². The summed E-state index contributed by atoms with van der Waals surface area (Å²) in [6.07, 6.45) is 6.12. The van der Waals surface area contributed by atoms with Gasteiger partial charge >= 0.3 is 0 Å². The predicted octanol–water partition coefficient (Wildman–Crippen LogP) is 4.02. The number of piperazine rings is 1. The Morgan fingerprint density at radius 1 is 0.963 bits per heavy atom. The molecule has 4 aromatic rings. The number of hydrogen-bond acceptors (Lipinski definition) is 8. The molecule has 6 rings (SSSR count). The number of nitrogens with one attached hydrogen (secondary N) is 1. The van der Waals surface area contributed by atoms with Gasteiger partial charge in [-0.05, 0) is 25.0 Å². The van der Waals surface area contributed by atoms with Gasteiger partial charge in [0.15, 0.2) is 5.58 Å². The number of aromatic nitrogens is 3. The number of benzene rings is 1. The van der Waals surface area contributed by atoms with Crippen molar-refractivity contribution in [3.63, 3.8) is 0 Å².